The van der Waals surface area contributed by atoms with Crippen molar-refractivity contribution in [1.82, 2.24) is 4.98 Å². The second kappa shape index (κ2) is 8.03. The zero-order chi connectivity index (χ0) is 18.7. The summed E-state index contributed by atoms with van der Waals surface area (Å²) in [5.74, 6) is -0.703. The lowest BCUT2D eigenvalue weighted by atomic mass is 10.2. The standard InChI is InChI=1S/C18H15Cl2N3O2S/c19-12-6-7-13-18(17(12)20)22-15(26-13)10-23(11-4-2-1-3-5-11)16(25)9-8-14(21)24/h1-7H,8-10H2,(H2,21,24). The number of halogens is 2. The van der Waals surface area contributed by atoms with Crippen LogP contribution < -0.4 is 10.6 Å². The molecule has 5 nitrogen and oxygen atoms in total. The summed E-state index contributed by atoms with van der Waals surface area (Å²) >= 11 is 13.7. The average Bonchev–Trinajstić information content (AvgIpc) is 3.05. The van der Waals surface area contributed by atoms with Crippen molar-refractivity contribution < 1.29 is 9.59 Å². The van der Waals surface area contributed by atoms with Crippen LogP contribution >= 0.6 is 34.5 Å². The maximum Gasteiger partial charge on any atom is 0.227 e. The molecule has 8 heteroatoms. The van der Waals surface area contributed by atoms with Gasteiger partial charge in [-0.1, -0.05) is 41.4 Å². The van der Waals surface area contributed by atoms with E-state index in [0.29, 0.717) is 15.6 Å². The number of anilines is 1. The van der Waals surface area contributed by atoms with Crippen molar-refractivity contribution in [1.29, 1.82) is 0 Å². The lowest BCUT2D eigenvalue weighted by Crippen LogP contribution is -2.31. The van der Waals surface area contributed by atoms with Gasteiger partial charge in [0, 0.05) is 18.5 Å². The van der Waals surface area contributed by atoms with E-state index in [0.717, 1.165) is 15.4 Å². The molecule has 0 saturated heterocycles. The fourth-order valence-corrected chi connectivity index (χ4v) is 3.86. The lowest BCUT2D eigenvalue weighted by Gasteiger charge is -2.21. The van der Waals surface area contributed by atoms with E-state index in [1.54, 1.807) is 11.0 Å². The monoisotopic (exact) mass is 407 g/mol. The van der Waals surface area contributed by atoms with E-state index >= 15 is 0 Å². The van der Waals surface area contributed by atoms with E-state index in [-0.39, 0.29) is 25.3 Å². The molecule has 0 bridgehead atoms. The summed E-state index contributed by atoms with van der Waals surface area (Å²) in [6.07, 6.45) is 0.0468. The number of nitrogens with two attached hydrogens (primary N) is 1. The molecule has 134 valence electrons. The summed E-state index contributed by atoms with van der Waals surface area (Å²) in [4.78, 5) is 29.8. The van der Waals surface area contributed by atoms with Crippen LogP contribution in [0.1, 0.15) is 17.8 Å². The summed E-state index contributed by atoms with van der Waals surface area (Å²) in [5, 5.41) is 1.56. The molecule has 3 aromatic rings. The predicted molar refractivity (Wildman–Crippen MR) is 106 cm³/mol. The molecule has 2 N–H and O–H groups in total. The summed E-state index contributed by atoms with van der Waals surface area (Å²) in [5.41, 5.74) is 6.52. The molecule has 1 aromatic heterocycles. The molecular weight excluding hydrogens is 393 g/mol. The number of benzene rings is 2. The van der Waals surface area contributed by atoms with Crippen molar-refractivity contribution in [3.8, 4) is 0 Å². The molecule has 3 rings (SSSR count). The molecule has 1 heterocycles. The number of primary amides is 1. The molecule has 0 spiro atoms. The smallest absolute Gasteiger partial charge is 0.227 e. The second-order valence-electron chi connectivity index (χ2n) is 5.60. The van der Waals surface area contributed by atoms with Gasteiger partial charge in [0.2, 0.25) is 11.8 Å². The summed E-state index contributed by atoms with van der Waals surface area (Å²) in [6, 6.07) is 12.8. The number of carbonyl (C=O) groups excluding carboxylic acids is 2. The molecule has 0 saturated carbocycles. The highest BCUT2D eigenvalue weighted by atomic mass is 35.5. The van der Waals surface area contributed by atoms with Crippen molar-refractivity contribution in [3.05, 3.63) is 57.5 Å². The van der Waals surface area contributed by atoms with Gasteiger partial charge in [0.05, 0.1) is 21.3 Å². The summed E-state index contributed by atoms with van der Waals surface area (Å²) in [7, 11) is 0. The first kappa shape index (κ1) is 18.6. The normalized spacial score (nSPS) is 10.8. The summed E-state index contributed by atoms with van der Waals surface area (Å²) in [6.45, 7) is 0.273. The maximum absolute atomic E-state index is 12.6. The minimum absolute atomic E-state index is 0.00342. The zero-order valence-corrected chi connectivity index (χ0v) is 15.9. The molecule has 2 amide bonds. The molecule has 0 radical (unpaired) electrons. The van der Waals surface area contributed by atoms with Crippen LogP contribution in [-0.4, -0.2) is 16.8 Å². The molecule has 0 aliphatic heterocycles. The van der Waals surface area contributed by atoms with Crippen LogP contribution in [0.25, 0.3) is 10.2 Å². The molecule has 0 atom stereocenters. The number of thiazole rings is 1. The molecule has 0 aliphatic rings. The molecule has 0 fully saturated rings. The van der Waals surface area contributed by atoms with Crippen molar-refractivity contribution in [2.45, 2.75) is 19.4 Å². The number of hydrogen-bond donors (Lipinski definition) is 1. The molecule has 0 unspecified atom stereocenters. The van der Waals surface area contributed by atoms with Crippen LogP contribution in [-0.2, 0) is 16.1 Å². The van der Waals surface area contributed by atoms with Gasteiger partial charge in [0.25, 0.3) is 0 Å². The first-order valence-corrected chi connectivity index (χ1v) is 9.40. The molecule has 26 heavy (non-hydrogen) atoms. The van der Waals surface area contributed by atoms with Crippen LogP contribution in [0.3, 0.4) is 0 Å². The third-order valence-corrected chi connectivity index (χ3v) is 5.54. The van der Waals surface area contributed by atoms with Gasteiger partial charge in [-0.25, -0.2) is 4.98 Å². The fraction of sp³-hybridized carbons (Fsp3) is 0.167. The van der Waals surface area contributed by atoms with Crippen LogP contribution in [0, 0.1) is 0 Å². The summed E-state index contributed by atoms with van der Waals surface area (Å²) < 4.78 is 0.895. The van der Waals surface area contributed by atoms with Crippen LogP contribution in [0.4, 0.5) is 5.69 Å². The molecular formula is C18H15Cl2N3O2S. The van der Waals surface area contributed by atoms with Gasteiger partial charge in [0.15, 0.2) is 0 Å². The van der Waals surface area contributed by atoms with Gasteiger partial charge in [0.1, 0.15) is 10.5 Å². The largest absolute Gasteiger partial charge is 0.370 e. The van der Waals surface area contributed by atoms with Gasteiger partial charge in [-0.2, -0.15) is 0 Å². The Morgan fingerprint density at radius 2 is 1.81 bits per heavy atom. The van der Waals surface area contributed by atoms with E-state index in [2.05, 4.69) is 4.98 Å². The minimum Gasteiger partial charge on any atom is -0.370 e. The van der Waals surface area contributed by atoms with Crippen LogP contribution in [0.2, 0.25) is 10.0 Å². The highest BCUT2D eigenvalue weighted by Gasteiger charge is 2.19. The van der Waals surface area contributed by atoms with Gasteiger partial charge < -0.3 is 10.6 Å². The first-order valence-electron chi connectivity index (χ1n) is 7.83. The van der Waals surface area contributed by atoms with Crippen molar-refractivity contribution in [2.24, 2.45) is 5.73 Å². The predicted octanol–water partition coefficient (Wildman–Crippen LogP) is 4.40. The van der Waals surface area contributed by atoms with E-state index in [1.807, 2.05) is 36.4 Å². The van der Waals surface area contributed by atoms with E-state index < -0.39 is 5.91 Å². The molecule has 0 aliphatic carbocycles. The SMILES string of the molecule is NC(=O)CCC(=O)N(Cc1nc2c(Cl)c(Cl)ccc2s1)c1ccccc1. The Kier molecular flexibility index (Phi) is 5.76. The number of nitrogens with zero attached hydrogens (tertiary/aromatic N) is 2. The zero-order valence-electron chi connectivity index (χ0n) is 13.6. The second-order valence-corrected chi connectivity index (χ2v) is 7.50. The number of hydrogen-bond acceptors (Lipinski definition) is 4. The number of aromatic nitrogens is 1. The fourth-order valence-electron chi connectivity index (χ4n) is 2.48. The van der Waals surface area contributed by atoms with E-state index in [9.17, 15) is 9.59 Å². The van der Waals surface area contributed by atoms with Crippen LogP contribution in [0.5, 0.6) is 0 Å². The van der Waals surface area contributed by atoms with Crippen molar-refractivity contribution in [3.63, 3.8) is 0 Å². The topological polar surface area (TPSA) is 76.3 Å². The van der Waals surface area contributed by atoms with Gasteiger partial charge in [-0.3, -0.25) is 9.59 Å². The Morgan fingerprint density at radius 1 is 1.08 bits per heavy atom. The maximum atomic E-state index is 12.6. The number of amides is 2. The van der Waals surface area contributed by atoms with E-state index in [4.69, 9.17) is 28.9 Å². The van der Waals surface area contributed by atoms with Crippen molar-refractivity contribution >= 4 is 62.3 Å². The van der Waals surface area contributed by atoms with Gasteiger partial charge in [-0.05, 0) is 24.3 Å². The number of carbonyl (C=O) groups is 2. The van der Waals surface area contributed by atoms with Gasteiger partial charge in [-0.15, -0.1) is 11.3 Å². The minimum atomic E-state index is -0.507. The number of rotatable bonds is 6. The van der Waals surface area contributed by atoms with Gasteiger partial charge >= 0.3 is 0 Å². The van der Waals surface area contributed by atoms with Crippen LogP contribution in [0.15, 0.2) is 42.5 Å². The highest BCUT2D eigenvalue weighted by Crippen LogP contribution is 2.34. The van der Waals surface area contributed by atoms with E-state index in [1.165, 1.54) is 11.3 Å². The Balaban J connectivity index is 1.91. The highest BCUT2D eigenvalue weighted by molar-refractivity contribution is 7.18. The van der Waals surface area contributed by atoms with Crippen molar-refractivity contribution in [2.75, 3.05) is 4.90 Å². The third-order valence-electron chi connectivity index (χ3n) is 3.74. The Labute approximate surface area is 164 Å². The quantitative estimate of drug-likeness (QED) is 0.657. The lowest BCUT2D eigenvalue weighted by molar-refractivity contribution is -0.123. The third kappa shape index (κ3) is 4.15. The Morgan fingerprint density at radius 3 is 2.50 bits per heavy atom. The Bertz CT molecular complexity index is 960. The number of para-hydroxylation sites is 1. The molecule has 2 aromatic carbocycles. The average molecular weight is 408 g/mol. The Hall–Kier alpha value is -2.15. The first-order chi connectivity index (χ1) is 12.5. The number of fused-ring (bicyclic) bond motifs is 1.